The van der Waals surface area contributed by atoms with Crippen LogP contribution in [0.1, 0.15) is 79.4 Å². The van der Waals surface area contributed by atoms with Gasteiger partial charge in [-0.15, -0.1) is 0 Å². The zero-order valence-electron chi connectivity index (χ0n) is 21.9. The number of carbonyl (C=O) groups excluding carboxylic acids is 2. The highest BCUT2D eigenvalue weighted by Crippen LogP contribution is 2.45. The van der Waals surface area contributed by atoms with Crippen LogP contribution in [0.2, 0.25) is 0 Å². The number of carbonyl (C=O) groups is 2. The van der Waals surface area contributed by atoms with E-state index in [1.165, 1.54) is 27.8 Å². The van der Waals surface area contributed by atoms with Crippen LogP contribution in [0.3, 0.4) is 0 Å². The fraction of sp³-hybridized carbons (Fsp3) is 0.394. The van der Waals surface area contributed by atoms with Gasteiger partial charge in [0.25, 0.3) is 0 Å². The molecule has 2 unspecified atom stereocenters. The van der Waals surface area contributed by atoms with Gasteiger partial charge in [0.05, 0.1) is 0 Å². The second kappa shape index (κ2) is 9.16. The number of amides is 1. The molecule has 6 rings (SSSR count). The average molecular weight is 494 g/mol. The molecule has 4 nitrogen and oxygen atoms in total. The standard InChI is InChI=1S/C33H35NO3/c1-33(2,3)23-10-8-9-21(17-23)31(35)22-18-24-15-16-25(19-22)34(24)32(36)37-20-30-28-13-6-4-11-26(28)27-12-5-7-14-29(27)30/h4-14,17,22,24-25,30H,15-16,18-20H2,1-3H3. The highest BCUT2D eigenvalue weighted by atomic mass is 16.6. The van der Waals surface area contributed by atoms with Crippen LogP contribution in [0.4, 0.5) is 4.79 Å². The van der Waals surface area contributed by atoms with Gasteiger partial charge in [-0.1, -0.05) is 87.5 Å². The van der Waals surface area contributed by atoms with E-state index in [0.717, 1.165) is 31.2 Å². The minimum atomic E-state index is -0.227. The van der Waals surface area contributed by atoms with E-state index in [0.29, 0.717) is 6.61 Å². The molecule has 2 fully saturated rings. The molecule has 2 heterocycles. The summed E-state index contributed by atoms with van der Waals surface area (Å²) in [6, 6.07) is 25.1. The number of rotatable bonds is 4. The Hall–Kier alpha value is -3.40. The third-order valence-electron chi connectivity index (χ3n) is 8.66. The van der Waals surface area contributed by atoms with E-state index < -0.39 is 0 Å². The number of ketones is 1. The van der Waals surface area contributed by atoms with Gasteiger partial charge in [0, 0.05) is 29.5 Å². The summed E-state index contributed by atoms with van der Waals surface area (Å²) >= 11 is 0. The first-order valence-electron chi connectivity index (χ1n) is 13.6. The van der Waals surface area contributed by atoms with Crippen molar-refractivity contribution in [2.45, 2.75) is 69.9 Å². The van der Waals surface area contributed by atoms with Crippen molar-refractivity contribution in [3.8, 4) is 11.1 Å². The minimum Gasteiger partial charge on any atom is -0.448 e. The SMILES string of the molecule is CC(C)(C)c1cccc(C(=O)C2CC3CCC(C2)N3C(=O)OCC2c3ccccc3-c3ccccc32)c1. The summed E-state index contributed by atoms with van der Waals surface area (Å²) < 4.78 is 6.00. The summed E-state index contributed by atoms with van der Waals surface area (Å²) in [5, 5.41) is 0. The van der Waals surface area contributed by atoms with Crippen LogP contribution < -0.4 is 0 Å². The van der Waals surface area contributed by atoms with E-state index in [2.05, 4.69) is 81.4 Å². The molecule has 0 aromatic heterocycles. The van der Waals surface area contributed by atoms with E-state index in [9.17, 15) is 9.59 Å². The maximum absolute atomic E-state index is 13.5. The predicted molar refractivity (Wildman–Crippen MR) is 146 cm³/mol. The van der Waals surface area contributed by atoms with Crippen LogP contribution in [0.25, 0.3) is 11.1 Å². The summed E-state index contributed by atoms with van der Waals surface area (Å²) in [7, 11) is 0. The summed E-state index contributed by atoms with van der Waals surface area (Å²) in [4.78, 5) is 28.8. The number of fused-ring (bicyclic) bond motifs is 5. The van der Waals surface area contributed by atoms with Crippen molar-refractivity contribution in [2.24, 2.45) is 5.92 Å². The maximum Gasteiger partial charge on any atom is 0.410 e. The van der Waals surface area contributed by atoms with Crippen LogP contribution >= 0.6 is 0 Å². The molecule has 190 valence electrons. The Morgan fingerprint density at radius 2 is 1.43 bits per heavy atom. The van der Waals surface area contributed by atoms with Gasteiger partial charge in [0.2, 0.25) is 0 Å². The molecule has 2 aliphatic heterocycles. The van der Waals surface area contributed by atoms with Gasteiger partial charge in [0.1, 0.15) is 6.61 Å². The number of hydrogen-bond acceptors (Lipinski definition) is 3. The van der Waals surface area contributed by atoms with Crippen molar-refractivity contribution in [2.75, 3.05) is 6.61 Å². The third-order valence-corrected chi connectivity index (χ3v) is 8.66. The van der Waals surface area contributed by atoms with Gasteiger partial charge in [-0.3, -0.25) is 4.79 Å². The molecule has 2 atom stereocenters. The zero-order valence-corrected chi connectivity index (χ0v) is 21.9. The van der Waals surface area contributed by atoms with Crippen molar-refractivity contribution in [1.82, 2.24) is 4.90 Å². The average Bonchev–Trinajstić information content (AvgIpc) is 3.37. The number of ether oxygens (including phenoxy) is 1. The van der Waals surface area contributed by atoms with Crippen LogP contribution in [0, 0.1) is 5.92 Å². The molecule has 3 aromatic carbocycles. The van der Waals surface area contributed by atoms with Crippen LogP contribution in [-0.2, 0) is 10.2 Å². The Morgan fingerprint density at radius 1 is 0.838 bits per heavy atom. The van der Waals surface area contributed by atoms with E-state index in [1.807, 2.05) is 17.0 Å². The Labute approximate surface area is 219 Å². The van der Waals surface area contributed by atoms with Crippen molar-refractivity contribution in [3.63, 3.8) is 0 Å². The largest absolute Gasteiger partial charge is 0.448 e. The van der Waals surface area contributed by atoms with Crippen molar-refractivity contribution < 1.29 is 14.3 Å². The topological polar surface area (TPSA) is 46.6 Å². The highest BCUT2D eigenvalue weighted by Gasteiger charge is 2.46. The Bertz CT molecular complexity index is 1290. The van der Waals surface area contributed by atoms with Crippen LogP contribution in [-0.4, -0.2) is 35.5 Å². The lowest BCUT2D eigenvalue weighted by molar-refractivity contribution is 0.0506. The first kappa shape index (κ1) is 24.0. The molecule has 4 heteroatoms. The molecule has 3 aliphatic rings. The summed E-state index contributed by atoms with van der Waals surface area (Å²) in [5.41, 5.74) is 6.89. The molecule has 1 amide bonds. The van der Waals surface area contributed by atoms with Crippen LogP contribution in [0.15, 0.2) is 72.8 Å². The predicted octanol–water partition coefficient (Wildman–Crippen LogP) is 7.36. The Balaban J connectivity index is 1.14. The monoisotopic (exact) mass is 493 g/mol. The minimum absolute atomic E-state index is 0.00276. The van der Waals surface area contributed by atoms with Crippen molar-refractivity contribution in [3.05, 3.63) is 95.1 Å². The van der Waals surface area contributed by atoms with E-state index in [1.54, 1.807) is 0 Å². The number of benzene rings is 3. The molecule has 0 spiro atoms. The van der Waals surface area contributed by atoms with Gasteiger partial charge in [-0.05, 0) is 65.0 Å². The summed E-state index contributed by atoms with van der Waals surface area (Å²) in [5.74, 6) is 0.240. The fourth-order valence-corrected chi connectivity index (χ4v) is 6.73. The molecule has 1 aliphatic carbocycles. The second-order valence-electron chi connectivity index (χ2n) is 12.0. The lowest BCUT2D eigenvalue weighted by atomic mass is 9.82. The Morgan fingerprint density at radius 3 is 2.03 bits per heavy atom. The van der Waals surface area contributed by atoms with Crippen molar-refractivity contribution >= 4 is 11.9 Å². The first-order valence-corrected chi connectivity index (χ1v) is 13.6. The molecule has 2 saturated heterocycles. The molecule has 3 aromatic rings. The molecule has 37 heavy (non-hydrogen) atoms. The third kappa shape index (κ3) is 4.27. The molecular weight excluding hydrogens is 458 g/mol. The number of nitrogens with zero attached hydrogens (tertiary/aromatic N) is 1. The number of piperidine rings is 1. The van der Waals surface area contributed by atoms with E-state index in [-0.39, 0.29) is 41.2 Å². The molecule has 0 saturated carbocycles. The molecular formula is C33H35NO3. The lowest BCUT2D eigenvalue weighted by Gasteiger charge is -2.38. The smallest absolute Gasteiger partial charge is 0.410 e. The summed E-state index contributed by atoms with van der Waals surface area (Å²) in [6.45, 7) is 6.85. The number of Topliss-reactive ketones (excluding diaryl/α,β-unsaturated/α-hetero) is 1. The van der Waals surface area contributed by atoms with Gasteiger partial charge in [-0.25, -0.2) is 4.79 Å². The quantitative estimate of drug-likeness (QED) is 0.357. The van der Waals surface area contributed by atoms with Gasteiger partial charge < -0.3 is 9.64 Å². The van der Waals surface area contributed by atoms with Gasteiger partial charge >= 0.3 is 6.09 Å². The second-order valence-corrected chi connectivity index (χ2v) is 12.0. The lowest BCUT2D eigenvalue weighted by Crippen LogP contribution is -2.48. The normalized spacial score (nSPS) is 22.5. The highest BCUT2D eigenvalue weighted by molar-refractivity contribution is 5.98. The number of hydrogen-bond donors (Lipinski definition) is 0. The van der Waals surface area contributed by atoms with Gasteiger partial charge in [-0.2, -0.15) is 0 Å². The first-order chi connectivity index (χ1) is 17.8. The Kier molecular flexibility index (Phi) is 5.94. The summed E-state index contributed by atoms with van der Waals surface area (Å²) in [6.07, 6.45) is 3.11. The molecule has 0 N–H and O–H groups in total. The maximum atomic E-state index is 13.5. The fourth-order valence-electron chi connectivity index (χ4n) is 6.73. The molecule has 2 bridgehead atoms. The van der Waals surface area contributed by atoms with E-state index in [4.69, 9.17) is 4.74 Å². The van der Waals surface area contributed by atoms with E-state index >= 15 is 0 Å². The molecule has 0 radical (unpaired) electrons. The van der Waals surface area contributed by atoms with Gasteiger partial charge in [0.15, 0.2) is 5.78 Å². The van der Waals surface area contributed by atoms with Crippen molar-refractivity contribution in [1.29, 1.82) is 0 Å². The van der Waals surface area contributed by atoms with Crippen LogP contribution in [0.5, 0.6) is 0 Å². The zero-order chi connectivity index (χ0) is 25.7.